The van der Waals surface area contributed by atoms with Crippen LogP contribution in [0.2, 0.25) is 0 Å². The topological polar surface area (TPSA) is 0 Å². The van der Waals surface area contributed by atoms with E-state index in [1.807, 2.05) is 0 Å². The Bertz CT molecular complexity index is 211. The zero-order valence-corrected chi connectivity index (χ0v) is 9.95. The molecule has 0 unspecified atom stereocenters. The maximum absolute atomic E-state index is 2.26. The first kappa shape index (κ1) is 9.11. The molecule has 57 valence electrons. The van der Waals surface area contributed by atoms with Crippen molar-refractivity contribution in [1.82, 2.24) is 0 Å². The summed E-state index contributed by atoms with van der Waals surface area (Å²) in [6.45, 7) is 4.51. The maximum atomic E-state index is 2.26. The molecule has 1 heteroatoms. The van der Waals surface area contributed by atoms with Gasteiger partial charge in [0.25, 0.3) is 0 Å². The molecule has 1 aromatic rings. The van der Waals surface area contributed by atoms with Crippen LogP contribution in [0, 0.1) is 5.92 Å². The van der Waals surface area contributed by atoms with Crippen LogP contribution in [0.3, 0.4) is 0 Å². The average Bonchev–Trinajstić information content (AvgIpc) is 1.93. The third kappa shape index (κ3) is 3.28. The molecule has 0 nitrogen and oxygen atoms in total. The quantitative estimate of drug-likeness (QED) is 0.702. The third-order valence-electron chi connectivity index (χ3n) is 1.60. The molecule has 0 aliphatic carbocycles. The van der Waals surface area contributed by atoms with E-state index in [0.717, 1.165) is 5.92 Å². The third-order valence-corrected chi connectivity index (χ3v) is 2.55. The molecule has 11 heavy (non-hydrogen) atoms. The fraction of sp³-hybridized carbons (Fsp3) is 0.400. The molecular formula is C10H13Sn. The molecule has 0 aromatic heterocycles. The van der Waals surface area contributed by atoms with Crippen LogP contribution in [0.4, 0.5) is 0 Å². The Labute approximate surface area is 82.1 Å². The zero-order valence-electron chi connectivity index (χ0n) is 7.09. The standard InChI is InChI=1S/C10H13.Sn/c1-9(2)8-10-6-4-3-5-7-10;/h4-7,9H,8H2,1-2H3;. The van der Waals surface area contributed by atoms with Crippen LogP contribution in [0.15, 0.2) is 24.3 Å². The summed E-state index contributed by atoms with van der Waals surface area (Å²) in [7, 11) is 0. The van der Waals surface area contributed by atoms with E-state index in [4.69, 9.17) is 0 Å². The van der Waals surface area contributed by atoms with Crippen LogP contribution in [-0.4, -0.2) is 22.5 Å². The number of benzene rings is 1. The fourth-order valence-electron chi connectivity index (χ4n) is 1.11. The molecule has 1 aromatic carbocycles. The van der Waals surface area contributed by atoms with Crippen molar-refractivity contribution in [2.75, 3.05) is 0 Å². The van der Waals surface area contributed by atoms with Gasteiger partial charge in [-0.1, -0.05) is 0 Å². The normalized spacial score (nSPS) is 10.5. The Morgan fingerprint density at radius 1 is 1.18 bits per heavy atom. The van der Waals surface area contributed by atoms with Crippen molar-refractivity contribution < 1.29 is 0 Å². The molecule has 0 fully saturated rings. The molecule has 0 saturated carbocycles. The molecule has 0 spiro atoms. The van der Waals surface area contributed by atoms with Crippen molar-refractivity contribution in [3.8, 4) is 0 Å². The molecular weight excluding hydrogens is 239 g/mol. The molecule has 1 rings (SSSR count). The molecule has 0 atom stereocenters. The first-order valence-corrected chi connectivity index (χ1v) is 5.41. The summed E-state index contributed by atoms with van der Waals surface area (Å²) >= 11 is 1.51. The van der Waals surface area contributed by atoms with Gasteiger partial charge in [0.1, 0.15) is 0 Å². The van der Waals surface area contributed by atoms with E-state index in [9.17, 15) is 0 Å². The summed E-state index contributed by atoms with van der Waals surface area (Å²) in [5, 5.41) is 0. The zero-order chi connectivity index (χ0) is 8.27. The first-order valence-electron chi connectivity index (χ1n) is 3.99. The molecule has 0 amide bonds. The second kappa shape index (κ2) is 4.15. The van der Waals surface area contributed by atoms with Gasteiger partial charge in [0.05, 0.1) is 0 Å². The molecule has 3 radical (unpaired) electrons. The fourth-order valence-corrected chi connectivity index (χ4v) is 1.59. The Morgan fingerprint density at radius 3 is 2.18 bits per heavy atom. The molecule has 0 N–H and O–H groups in total. The SMILES string of the molecule is CC(C)Cc1cc[c]([Sn])cc1. The van der Waals surface area contributed by atoms with E-state index < -0.39 is 0 Å². The van der Waals surface area contributed by atoms with E-state index in [2.05, 4.69) is 38.1 Å². The number of rotatable bonds is 2. The summed E-state index contributed by atoms with van der Waals surface area (Å²) in [6.07, 6.45) is 1.20. The molecule has 0 aliphatic rings. The van der Waals surface area contributed by atoms with Gasteiger partial charge in [-0.15, -0.1) is 0 Å². The van der Waals surface area contributed by atoms with Crippen molar-refractivity contribution in [3.63, 3.8) is 0 Å². The van der Waals surface area contributed by atoms with Gasteiger partial charge in [-0.3, -0.25) is 0 Å². The Balaban J connectivity index is 2.66. The van der Waals surface area contributed by atoms with Crippen LogP contribution in [0.5, 0.6) is 0 Å². The van der Waals surface area contributed by atoms with Gasteiger partial charge in [-0.05, 0) is 0 Å². The Kier molecular flexibility index (Phi) is 3.43. The second-order valence-corrected chi connectivity index (χ2v) is 4.94. The van der Waals surface area contributed by atoms with Crippen LogP contribution in [0.25, 0.3) is 0 Å². The summed E-state index contributed by atoms with van der Waals surface area (Å²) < 4.78 is 1.43. The summed E-state index contributed by atoms with van der Waals surface area (Å²) in [5.41, 5.74) is 1.46. The van der Waals surface area contributed by atoms with Crippen LogP contribution in [-0.2, 0) is 6.42 Å². The van der Waals surface area contributed by atoms with Gasteiger partial charge in [0.2, 0.25) is 0 Å². The van der Waals surface area contributed by atoms with Crippen LogP contribution < -0.4 is 3.58 Å². The molecule has 0 bridgehead atoms. The monoisotopic (exact) mass is 253 g/mol. The van der Waals surface area contributed by atoms with E-state index in [1.54, 1.807) is 0 Å². The van der Waals surface area contributed by atoms with Gasteiger partial charge in [0.15, 0.2) is 0 Å². The van der Waals surface area contributed by atoms with Crippen molar-refractivity contribution in [3.05, 3.63) is 29.8 Å². The van der Waals surface area contributed by atoms with Crippen molar-refractivity contribution in [1.29, 1.82) is 0 Å². The van der Waals surface area contributed by atoms with E-state index >= 15 is 0 Å². The van der Waals surface area contributed by atoms with Gasteiger partial charge in [0, 0.05) is 0 Å². The van der Waals surface area contributed by atoms with Gasteiger partial charge >= 0.3 is 82.1 Å². The predicted molar refractivity (Wildman–Crippen MR) is 50.4 cm³/mol. The summed E-state index contributed by atoms with van der Waals surface area (Å²) in [4.78, 5) is 0. The van der Waals surface area contributed by atoms with Gasteiger partial charge in [-0.25, -0.2) is 0 Å². The van der Waals surface area contributed by atoms with Crippen molar-refractivity contribution >= 4 is 26.1 Å². The van der Waals surface area contributed by atoms with Crippen LogP contribution >= 0.6 is 0 Å². The van der Waals surface area contributed by atoms with E-state index in [-0.39, 0.29) is 0 Å². The van der Waals surface area contributed by atoms with Crippen LogP contribution in [0.1, 0.15) is 19.4 Å². The van der Waals surface area contributed by atoms with Gasteiger partial charge < -0.3 is 0 Å². The Morgan fingerprint density at radius 2 is 1.73 bits per heavy atom. The van der Waals surface area contributed by atoms with Crippen molar-refractivity contribution in [2.24, 2.45) is 5.92 Å². The summed E-state index contributed by atoms with van der Waals surface area (Å²) in [5.74, 6) is 0.769. The average molecular weight is 252 g/mol. The molecule has 0 aliphatic heterocycles. The molecule has 0 saturated heterocycles. The predicted octanol–water partition coefficient (Wildman–Crippen LogP) is 1.68. The Hall–Kier alpha value is 0.0187. The summed E-state index contributed by atoms with van der Waals surface area (Å²) in [6, 6.07) is 8.92. The van der Waals surface area contributed by atoms with Crippen molar-refractivity contribution in [2.45, 2.75) is 20.3 Å². The van der Waals surface area contributed by atoms with E-state index in [1.165, 1.54) is 38.1 Å². The first-order chi connectivity index (χ1) is 5.18. The molecule has 0 heterocycles. The minimum atomic E-state index is 0.769. The second-order valence-electron chi connectivity index (χ2n) is 3.29. The number of hydrogen-bond acceptors (Lipinski definition) is 0. The van der Waals surface area contributed by atoms with E-state index in [0.29, 0.717) is 0 Å². The minimum absolute atomic E-state index is 0.769. The van der Waals surface area contributed by atoms with Gasteiger partial charge in [-0.2, -0.15) is 0 Å². The number of hydrogen-bond donors (Lipinski definition) is 0.